The molecule has 0 saturated heterocycles. The monoisotopic (exact) mass is 254 g/mol. The van der Waals surface area contributed by atoms with Crippen LogP contribution in [-0.2, 0) is 9.53 Å². The predicted octanol–water partition coefficient (Wildman–Crippen LogP) is -3.65. The maximum Gasteiger partial charge on any atom is 0.337 e. The lowest BCUT2D eigenvalue weighted by molar-refractivity contribution is -0.174. The molecule has 0 bridgehead atoms. The van der Waals surface area contributed by atoms with Gasteiger partial charge in [-0.3, -0.25) is 0 Å². The van der Waals surface area contributed by atoms with Crippen molar-refractivity contribution in [3.05, 3.63) is 0 Å². The second-order valence-corrected chi connectivity index (χ2v) is 3.42. The van der Waals surface area contributed by atoms with Gasteiger partial charge in [0.2, 0.25) is 0 Å². The summed E-state index contributed by atoms with van der Waals surface area (Å²) in [7, 11) is 0. The molecule has 0 aliphatic heterocycles. The van der Waals surface area contributed by atoms with Gasteiger partial charge in [-0.1, -0.05) is 0 Å². The number of hydrogen-bond donors (Lipinski definition) is 6. The summed E-state index contributed by atoms with van der Waals surface area (Å²) in [6.45, 7) is 0.610. The third kappa shape index (κ3) is 4.54. The second-order valence-electron chi connectivity index (χ2n) is 3.42. The highest BCUT2D eigenvalue weighted by atomic mass is 16.5. The Morgan fingerprint density at radius 2 is 1.59 bits per heavy atom. The van der Waals surface area contributed by atoms with Gasteiger partial charge in [0, 0.05) is 0 Å². The summed E-state index contributed by atoms with van der Waals surface area (Å²) in [5, 5.41) is 54.7. The molecule has 0 fully saturated rings. The zero-order valence-electron chi connectivity index (χ0n) is 9.30. The van der Waals surface area contributed by atoms with Crippen molar-refractivity contribution < 1.29 is 40.2 Å². The molecule has 8 nitrogen and oxygen atoms in total. The van der Waals surface area contributed by atoms with Crippen LogP contribution in [0.3, 0.4) is 0 Å². The van der Waals surface area contributed by atoms with E-state index in [9.17, 15) is 25.2 Å². The number of carbonyl (C=O) groups is 1. The van der Waals surface area contributed by atoms with Crippen molar-refractivity contribution in [3.8, 4) is 0 Å². The number of hydrogen-bond acceptors (Lipinski definition) is 8. The van der Waals surface area contributed by atoms with E-state index in [2.05, 4.69) is 4.74 Å². The molecule has 8 heteroatoms. The number of carbonyl (C=O) groups excluding carboxylic acids is 1. The lowest BCUT2D eigenvalue weighted by Gasteiger charge is -2.27. The molecular weight excluding hydrogens is 236 g/mol. The summed E-state index contributed by atoms with van der Waals surface area (Å²) in [5.41, 5.74) is 0. The molecular formula is C9H18O8. The molecule has 102 valence electrons. The van der Waals surface area contributed by atoms with Gasteiger partial charge in [-0.15, -0.1) is 0 Å². The van der Waals surface area contributed by atoms with Crippen molar-refractivity contribution in [3.63, 3.8) is 0 Å². The molecule has 0 radical (unpaired) electrons. The standard InChI is InChI=1S/C9H18O8/c1-2-17-9(16)8(15)7(14)6(13)5(12)4(11)3-10/h4-8,10-15H,2-3H2,1H3/t4?,5-,6-,7+,8-/m1/s1. The van der Waals surface area contributed by atoms with E-state index in [-0.39, 0.29) is 6.61 Å². The molecule has 1 unspecified atom stereocenters. The molecule has 0 saturated carbocycles. The van der Waals surface area contributed by atoms with Crippen LogP contribution in [0.25, 0.3) is 0 Å². The van der Waals surface area contributed by atoms with Crippen LogP contribution in [0.15, 0.2) is 0 Å². The summed E-state index contributed by atoms with van der Waals surface area (Å²) in [6.07, 6.45) is -9.69. The van der Waals surface area contributed by atoms with Crippen LogP contribution >= 0.6 is 0 Å². The van der Waals surface area contributed by atoms with Gasteiger partial charge < -0.3 is 35.4 Å². The quantitative estimate of drug-likeness (QED) is 0.255. The summed E-state index contributed by atoms with van der Waals surface area (Å²) in [5.74, 6) is -1.16. The van der Waals surface area contributed by atoms with Gasteiger partial charge >= 0.3 is 5.97 Å². The number of aliphatic hydroxyl groups is 6. The molecule has 6 N–H and O–H groups in total. The van der Waals surface area contributed by atoms with E-state index in [1.165, 1.54) is 6.92 Å². The van der Waals surface area contributed by atoms with Crippen LogP contribution in [0.5, 0.6) is 0 Å². The first kappa shape index (κ1) is 16.2. The van der Waals surface area contributed by atoms with E-state index in [0.29, 0.717) is 0 Å². The SMILES string of the molecule is CCOC(=O)[C@H](O)[C@@H](O)[C@H](O)[C@H](O)C(O)CO. The van der Waals surface area contributed by atoms with Gasteiger partial charge in [-0.25, -0.2) is 4.79 Å². The largest absolute Gasteiger partial charge is 0.464 e. The minimum atomic E-state index is -2.05. The Hall–Kier alpha value is -0.770. The van der Waals surface area contributed by atoms with Gasteiger partial charge in [0.1, 0.15) is 24.4 Å². The molecule has 0 aliphatic carbocycles. The molecule has 0 heterocycles. The minimum absolute atomic E-state index is 0.0273. The first-order valence-corrected chi connectivity index (χ1v) is 5.04. The van der Waals surface area contributed by atoms with Crippen LogP contribution in [0.1, 0.15) is 6.92 Å². The minimum Gasteiger partial charge on any atom is -0.464 e. The van der Waals surface area contributed by atoms with E-state index < -0.39 is 43.1 Å². The number of aliphatic hydroxyl groups excluding tert-OH is 6. The van der Waals surface area contributed by atoms with Crippen LogP contribution in [0, 0.1) is 0 Å². The summed E-state index contributed by atoms with van der Waals surface area (Å²) >= 11 is 0. The zero-order valence-corrected chi connectivity index (χ0v) is 9.30. The van der Waals surface area contributed by atoms with E-state index in [1.54, 1.807) is 0 Å². The van der Waals surface area contributed by atoms with E-state index in [4.69, 9.17) is 10.2 Å². The van der Waals surface area contributed by atoms with Gasteiger partial charge in [0.25, 0.3) is 0 Å². The van der Waals surface area contributed by atoms with Gasteiger partial charge in [0.05, 0.1) is 13.2 Å². The van der Waals surface area contributed by atoms with Crippen LogP contribution in [-0.4, -0.2) is 80.3 Å². The highest BCUT2D eigenvalue weighted by Crippen LogP contribution is 2.09. The van der Waals surface area contributed by atoms with Gasteiger partial charge in [-0.2, -0.15) is 0 Å². The molecule has 0 amide bonds. The second kappa shape index (κ2) is 7.54. The molecule has 0 aromatic carbocycles. The topological polar surface area (TPSA) is 148 Å². The normalized spacial score (nSPS) is 20.2. The Balaban J connectivity index is 4.47. The van der Waals surface area contributed by atoms with Gasteiger partial charge in [0.15, 0.2) is 6.10 Å². The summed E-state index contributed by atoms with van der Waals surface area (Å²) in [4.78, 5) is 11.0. The van der Waals surface area contributed by atoms with E-state index >= 15 is 0 Å². The molecule has 0 spiro atoms. The molecule has 17 heavy (non-hydrogen) atoms. The van der Waals surface area contributed by atoms with Crippen LogP contribution in [0.2, 0.25) is 0 Å². The summed E-state index contributed by atoms with van der Waals surface area (Å²) < 4.78 is 4.39. The maximum absolute atomic E-state index is 11.0. The number of rotatable bonds is 7. The first-order valence-electron chi connectivity index (χ1n) is 5.04. The smallest absolute Gasteiger partial charge is 0.337 e. The van der Waals surface area contributed by atoms with Crippen molar-refractivity contribution in [2.75, 3.05) is 13.2 Å². The fourth-order valence-electron chi connectivity index (χ4n) is 1.09. The molecule has 0 aromatic rings. The molecule has 0 aliphatic rings. The molecule has 0 rings (SSSR count). The van der Waals surface area contributed by atoms with Crippen molar-refractivity contribution in [2.24, 2.45) is 0 Å². The van der Waals surface area contributed by atoms with Crippen molar-refractivity contribution >= 4 is 5.97 Å². The Morgan fingerprint density at radius 1 is 1.06 bits per heavy atom. The highest BCUT2D eigenvalue weighted by Gasteiger charge is 2.37. The molecule has 0 aromatic heterocycles. The number of esters is 1. The van der Waals surface area contributed by atoms with Crippen molar-refractivity contribution in [1.29, 1.82) is 0 Å². The Bertz CT molecular complexity index is 233. The number of ether oxygens (including phenoxy) is 1. The average Bonchev–Trinajstić information content (AvgIpc) is 2.34. The van der Waals surface area contributed by atoms with Crippen molar-refractivity contribution in [1.82, 2.24) is 0 Å². The predicted molar refractivity (Wildman–Crippen MR) is 53.8 cm³/mol. The van der Waals surface area contributed by atoms with Crippen LogP contribution < -0.4 is 0 Å². The Labute approximate surface area is 97.7 Å². The van der Waals surface area contributed by atoms with E-state index in [0.717, 1.165) is 0 Å². The molecule has 5 atom stereocenters. The maximum atomic E-state index is 11.0. The lowest BCUT2D eigenvalue weighted by atomic mass is 9.99. The van der Waals surface area contributed by atoms with E-state index in [1.807, 2.05) is 0 Å². The summed E-state index contributed by atoms with van der Waals surface area (Å²) in [6, 6.07) is 0. The Morgan fingerprint density at radius 3 is 2.00 bits per heavy atom. The third-order valence-electron chi connectivity index (χ3n) is 2.13. The first-order chi connectivity index (χ1) is 7.86. The fraction of sp³-hybridized carbons (Fsp3) is 0.889. The van der Waals surface area contributed by atoms with Gasteiger partial charge in [-0.05, 0) is 6.92 Å². The lowest BCUT2D eigenvalue weighted by Crippen LogP contribution is -2.52. The Kier molecular flexibility index (Phi) is 7.19. The van der Waals surface area contributed by atoms with Crippen molar-refractivity contribution in [2.45, 2.75) is 37.4 Å². The zero-order chi connectivity index (χ0) is 13.6. The average molecular weight is 254 g/mol. The van der Waals surface area contributed by atoms with Crippen LogP contribution in [0.4, 0.5) is 0 Å². The third-order valence-corrected chi connectivity index (χ3v) is 2.13. The highest BCUT2D eigenvalue weighted by molar-refractivity contribution is 5.75. The fourth-order valence-corrected chi connectivity index (χ4v) is 1.09.